The third-order valence-corrected chi connectivity index (χ3v) is 6.05. The molecule has 1 saturated carbocycles. The van der Waals surface area contributed by atoms with Crippen LogP contribution in [0.1, 0.15) is 45.1 Å². The highest BCUT2D eigenvalue weighted by atomic mass is 19.1. The second-order valence-corrected chi connectivity index (χ2v) is 7.99. The van der Waals surface area contributed by atoms with E-state index in [2.05, 4.69) is 23.8 Å². The molecular formula is C24H25F2N3O. The first kappa shape index (κ1) is 20.3. The standard InChI is InChI=1S/C24H25F2N3O/c1-3-28-21-8-5-9-22(21)29(24(28)30)23-16(2)6-4-7-17(15-27-23)10-11-18-14-19(25)12-13-20(18)26/h4,7,12-16,21-22H,3,5-6,8-9H2,1-2H3. The second kappa shape index (κ2) is 8.43. The average Bonchev–Trinajstić information content (AvgIpc) is 3.27. The van der Waals surface area contributed by atoms with Crippen LogP contribution in [0, 0.1) is 29.4 Å². The van der Waals surface area contributed by atoms with Crippen LogP contribution in [-0.2, 0) is 0 Å². The first-order chi connectivity index (χ1) is 14.5. The number of amidine groups is 1. The van der Waals surface area contributed by atoms with Gasteiger partial charge in [0.2, 0.25) is 0 Å². The Balaban J connectivity index is 1.66. The number of likely N-dealkylation sites (N-methyl/N-ethyl adjacent to an activating group) is 1. The van der Waals surface area contributed by atoms with Gasteiger partial charge in [-0.15, -0.1) is 0 Å². The molecular weight excluding hydrogens is 384 g/mol. The minimum Gasteiger partial charge on any atom is -0.320 e. The Morgan fingerprint density at radius 2 is 2.00 bits per heavy atom. The van der Waals surface area contributed by atoms with E-state index >= 15 is 0 Å². The van der Waals surface area contributed by atoms with Gasteiger partial charge in [0.25, 0.3) is 0 Å². The number of carbonyl (C=O) groups excluding carboxylic acids is 1. The molecule has 4 rings (SSSR count). The van der Waals surface area contributed by atoms with E-state index in [0.29, 0.717) is 12.1 Å². The van der Waals surface area contributed by atoms with Crippen LogP contribution in [0.25, 0.3) is 0 Å². The van der Waals surface area contributed by atoms with E-state index in [-0.39, 0.29) is 29.6 Å². The fourth-order valence-electron chi connectivity index (χ4n) is 4.56. The van der Waals surface area contributed by atoms with Crippen LogP contribution in [0.4, 0.5) is 13.6 Å². The van der Waals surface area contributed by atoms with Gasteiger partial charge in [-0.05, 0) is 56.9 Å². The van der Waals surface area contributed by atoms with Crippen molar-refractivity contribution in [2.45, 2.75) is 51.6 Å². The Hall–Kier alpha value is -2.94. The lowest BCUT2D eigenvalue weighted by Crippen LogP contribution is -2.43. The minimum absolute atomic E-state index is 0.00559. The highest BCUT2D eigenvalue weighted by Gasteiger charge is 2.49. The largest absolute Gasteiger partial charge is 0.326 e. The molecule has 1 aromatic carbocycles. The molecule has 4 nitrogen and oxygen atoms in total. The van der Waals surface area contributed by atoms with Crippen LogP contribution in [0.2, 0.25) is 0 Å². The summed E-state index contributed by atoms with van der Waals surface area (Å²) in [4.78, 5) is 21.6. The van der Waals surface area contributed by atoms with E-state index in [0.717, 1.165) is 49.7 Å². The molecule has 0 bridgehead atoms. The van der Waals surface area contributed by atoms with Gasteiger partial charge in [-0.1, -0.05) is 24.8 Å². The Morgan fingerprint density at radius 1 is 1.20 bits per heavy atom. The molecule has 2 amide bonds. The van der Waals surface area contributed by atoms with Crippen molar-refractivity contribution in [2.75, 3.05) is 6.54 Å². The van der Waals surface area contributed by atoms with Crippen LogP contribution in [0.15, 0.2) is 47.1 Å². The molecule has 1 saturated heterocycles. The van der Waals surface area contributed by atoms with Crippen molar-refractivity contribution in [3.8, 4) is 11.8 Å². The summed E-state index contributed by atoms with van der Waals surface area (Å²) in [5.74, 6) is 5.32. The number of benzene rings is 1. The highest BCUT2D eigenvalue weighted by Crippen LogP contribution is 2.37. The Kier molecular flexibility index (Phi) is 5.72. The smallest absolute Gasteiger partial charge is 0.320 e. The minimum atomic E-state index is -0.563. The van der Waals surface area contributed by atoms with E-state index in [1.807, 2.05) is 28.9 Å². The summed E-state index contributed by atoms with van der Waals surface area (Å²) < 4.78 is 27.2. The Labute approximate surface area is 176 Å². The molecule has 2 fully saturated rings. The van der Waals surface area contributed by atoms with Crippen LogP contribution in [0.5, 0.6) is 0 Å². The SMILES string of the molecule is CCN1C(=O)N(C2=NC=C(C#Cc3cc(F)ccc3F)C=CCC2C)C2CCCC21. The number of hydrogen-bond acceptors (Lipinski definition) is 2. The van der Waals surface area contributed by atoms with Crippen LogP contribution in [0.3, 0.4) is 0 Å². The summed E-state index contributed by atoms with van der Waals surface area (Å²) in [5.41, 5.74) is 0.594. The number of fused-ring (bicyclic) bond motifs is 1. The monoisotopic (exact) mass is 409 g/mol. The second-order valence-electron chi connectivity index (χ2n) is 7.99. The number of nitrogens with zero attached hydrogens (tertiary/aromatic N) is 3. The third kappa shape index (κ3) is 3.77. The average molecular weight is 409 g/mol. The summed E-state index contributed by atoms with van der Waals surface area (Å²) >= 11 is 0. The zero-order valence-electron chi connectivity index (χ0n) is 17.2. The Morgan fingerprint density at radius 3 is 2.80 bits per heavy atom. The summed E-state index contributed by atoms with van der Waals surface area (Å²) in [7, 11) is 0. The first-order valence-corrected chi connectivity index (χ1v) is 10.5. The van der Waals surface area contributed by atoms with Gasteiger partial charge in [-0.25, -0.2) is 18.6 Å². The summed E-state index contributed by atoms with van der Waals surface area (Å²) in [6.07, 6.45) is 9.31. The normalized spacial score (nSPS) is 25.9. The van der Waals surface area contributed by atoms with Crippen molar-refractivity contribution < 1.29 is 13.6 Å². The van der Waals surface area contributed by atoms with E-state index in [1.165, 1.54) is 0 Å². The molecule has 3 atom stereocenters. The molecule has 3 aliphatic rings. The fraction of sp³-hybridized carbons (Fsp3) is 0.417. The first-order valence-electron chi connectivity index (χ1n) is 10.5. The predicted molar refractivity (Wildman–Crippen MR) is 113 cm³/mol. The number of amides is 2. The van der Waals surface area contributed by atoms with Gasteiger partial charge in [0.05, 0.1) is 17.6 Å². The van der Waals surface area contributed by atoms with Gasteiger partial charge in [0, 0.05) is 24.2 Å². The molecule has 3 unspecified atom stereocenters. The van der Waals surface area contributed by atoms with Crippen LogP contribution < -0.4 is 0 Å². The maximum Gasteiger partial charge on any atom is 0.326 e. The van der Waals surface area contributed by atoms with Gasteiger partial charge >= 0.3 is 6.03 Å². The quantitative estimate of drug-likeness (QED) is 0.610. The summed E-state index contributed by atoms with van der Waals surface area (Å²) in [5, 5.41) is 0. The molecule has 2 aliphatic heterocycles. The summed E-state index contributed by atoms with van der Waals surface area (Å²) in [6.45, 7) is 4.79. The van der Waals surface area contributed by atoms with Crippen LogP contribution in [-0.4, -0.2) is 40.3 Å². The lowest BCUT2D eigenvalue weighted by molar-refractivity contribution is 0.196. The van der Waals surface area contributed by atoms with Crippen molar-refractivity contribution in [2.24, 2.45) is 10.9 Å². The number of carbonyl (C=O) groups is 1. The van der Waals surface area contributed by atoms with E-state index in [1.54, 1.807) is 6.20 Å². The molecule has 2 heterocycles. The third-order valence-electron chi connectivity index (χ3n) is 6.05. The number of urea groups is 1. The van der Waals surface area contributed by atoms with E-state index < -0.39 is 11.6 Å². The maximum atomic E-state index is 13.8. The zero-order chi connectivity index (χ0) is 21.3. The van der Waals surface area contributed by atoms with E-state index in [9.17, 15) is 13.6 Å². The van der Waals surface area contributed by atoms with E-state index in [4.69, 9.17) is 0 Å². The topological polar surface area (TPSA) is 35.9 Å². The lowest BCUT2D eigenvalue weighted by Gasteiger charge is -2.27. The van der Waals surface area contributed by atoms with Crippen LogP contribution >= 0.6 is 0 Å². The highest BCUT2D eigenvalue weighted by molar-refractivity contribution is 6.01. The molecule has 0 radical (unpaired) electrons. The molecule has 0 spiro atoms. The molecule has 30 heavy (non-hydrogen) atoms. The van der Waals surface area contributed by atoms with Crippen molar-refractivity contribution in [3.05, 3.63) is 59.3 Å². The van der Waals surface area contributed by atoms with Gasteiger partial charge in [-0.3, -0.25) is 4.90 Å². The Bertz CT molecular complexity index is 1000. The van der Waals surface area contributed by atoms with Gasteiger partial charge in [0.1, 0.15) is 17.5 Å². The molecule has 1 aliphatic carbocycles. The van der Waals surface area contributed by atoms with Crippen molar-refractivity contribution in [1.82, 2.24) is 9.80 Å². The molecule has 0 N–H and O–H groups in total. The number of aliphatic imine (C=N–C) groups is 1. The number of halogens is 2. The fourth-order valence-corrected chi connectivity index (χ4v) is 4.56. The summed E-state index contributed by atoms with van der Waals surface area (Å²) in [6, 6.07) is 3.68. The van der Waals surface area contributed by atoms with Crippen molar-refractivity contribution >= 4 is 11.9 Å². The molecule has 156 valence electrons. The van der Waals surface area contributed by atoms with Crippen molar-refractivity contribution in [3.63, 3.8) is 0 Å². The van der Waals surface area contributed by atoms with Crippen molar-refractivity contribution in [1.29, 1.82) is 0 Å². The molecule has 0 aromatic heterocycles. The zero-order valence-corrected chi connectivity index (χ0v) is 17.2. The van der Waals surface area contributed by atoms with Gasteiger partial charge < -0.3 is 4.90 Å². The number of hydrogen-bond donors (Lipinski definition) is 0. The molecule has 6 heteroatoms. The number of rotatable bonds is 1. The van der Waals surface area contributed by atoms with Gasteiger partial charge in [-0.2, -0.15) is 0 Å². The van der Waals surface area contributed by atoms with Gasteiger partial charge in [0.15, 0.2) is 0 Å². The number of allylic oxidation sites excluding steroid dienone is 3. The predicted octanol–water partition coefficient (Wildman–Crippen LogP) is 4.87. The molecule has 1 aromatic rings. The maximum absolute atomic E-state index is 13.8. The lowest BCUT2D eigenvalue weighted by atomic mass is 10.0.